The number of piperidine rings is 1. The van der Waals surface area contributed by atoms with E-state index in [-0.39, 0.29) is 18.9 Å². The minimum atomic E-state index is -1.25. The first-order valence-corrected chi connectivity index (χ1v) is 8.48. The van der Waals surface area contributed by atoms with Gasteiger partial charge in [-0.1, -0.05) is 0 Å². The lowest BCUT2D eigenvalue weighted by atomic mass is 9.80. The van der Waals surface area contributed by atoms with E-state index in [0.717, 1.165) is 0 Å². The van der Waals surface area contributed by atoms with E-state index in [9.17, 15) is 14.3 Å². The molecule has 1 saturated heterocycles. The van der Waals surface area contributed by atoms with Gasteiger partial charge in [-0.2, -0.15) is 0 Å². The highest BCUT2D eigenvalue weighted by atomic mass is 19.1. The molecule has 0 radical (unpaired) electrons. The number of likely N-dealkylation sites (tertiary alicyclic amines) is 1. The van der Waals surface area contributed by atoms with Crippen LogP contribution >= 0.6 is 0 Å². The third kappa shape index (κ3) is 3.49. The van der Waals surface area contributed by atoms with Crippen molar-refractivity contribution in [1.29, 1.82) is 0 Å². The fourth-order valence-corrected chi connectivity index (χ4v) is 3.45. The normalized spacial score (nSPS) is 24.6. The number of halogens is 1. The van der Waals surface area contributed by atoms with Crippen molar-refractivity contribution in [2.45, 2.75) is 57.8 Å². The molecule has 2 heterocycles. The van der Waals surface area contributed by atoms with E-state index in [1.807, 2.05) is 27.7 Å². The zero-order chi connectivity index (χ0) is 18.4. The maximum Gasteiger partial charge on any atom is 0.410 e. The molecule has 1 amide bonds. The van der Waals surface area contributed by atoms with Gasteiger partial charge in [-0.15, -0.1) is 0 Å². The first-order chi connectivity index (χ1) is 11.6. The maximum absolute atomic E-state index is 14.0. The van der Waals surface area contributed by atoms with E-state index in [2.05, 4.69) is 0 Å². The van der Waals surface area contributed by atoms with Gasteiger partial charge >= 0.3 is 6.09 Å². The minimum absolute atomic E-state index is 0.248. The summed E-state index contributed by atoms with van der Waals surface area (Å²) in [5, 5.41) is 11.8. The lowest BCUT2D eigenvalue weighted by Crippen LogP contribution is -2.51. The zero-order valence-electron chi connectivity index (χ0n) is 15.0. The van der Waals surface area contributed by atoms with Gasteiger partial charge < -0.3 is 19.2 Å². The molecule has 0 spiro atoms. The molecule has 2 aromatic rings. The Hall–Kier alpha value is -2.08. The molecule has 0 bridgehead atoms. The number of carbonyl (C=O) groups excluding carboxylic acids is 1. The fourth-order valence-electron chi connectivity index (χ4n) is 3.45. The average Bonchev–Trinajstić information content (AvgIpc) is 2.92. The molecule has 0 aliphatic carbocycles. The van der Waals surface area contributed by atoms with Crippen LogP contribution in [0.5, 0.6) is 0 Å². The summed E-state index contributed by atoms with van der Waals surface area (Å²) < 4.78 is 24.8. The number of nitrogens with zero attached hydrogens (tertiary/aromatic N) is 1. The van der Waals surface area contributed by atoms with Gasteiger partial charge in [0.2, 0.25) is 0 Å². The number of fused-ring (bicyclic) bond motifs is 1. The maximum atomic E-state index is 14.0. The topological polar surface area (TPSA) is 62.9 Å². The lowest BCUT2D eigenvalue weighted by Gasteiger charge is -2.43. The van der Waals surface area contributed by atoms with Crippen molar-refractivity contribution in [1.82, 2.24) is 4.90 Å². The molecule has 25 heavy (non-hydrogen) atoms. The second kappa shape index (κ2) is 6.02. The Morgan fingerprint density at radius 2 is 2.16 bits per heavy atom. The highest BCUT2D eigenvalue weighted by molar-refractivity contribution is 5.81. The second-order valence-electron chi connectivity index (χ2n) is 7.80. The Labute approximate surface area is 146 Å². The van der Waals surface area contributed by atoms with Crippen molar-refractivity contribution in [2.75, 3.05) is 6.54 Å². The summed E-state index contributed by atoms with van der Waals surface area (Å²) in [5.41, 5.74) is -0.908. The number of aliphatic hydroxyl groups is 1. The van der Waals surface area contributed by atoms with Crippen molar-refractivity contribution in [3.8, 4) is 0 Å². The van der Waals surface area contributed by atoms with Gasteiger partial charge in [-0.05, 0) is 52.3 Å². The molecule has 1 aliphatic rings. The van der Waals surface area contributed by atoms with Crippen LogP contribution in [0.15, 0.2) is 28.9 Å². The Balaban J connectivity index is 1.86. The third-order valence-corrected chi connectivity index (χ3v) is 4.58. The predicted octanol–water partition coefficient (Wildman–Crippen LogP) is 4.18. The first kappa shape index (κ1) is 17.7. The summed E-state index contributed by atoms with van der Waals surface area (Å²) in [5.74, 6) is -0.417. The van der Waals surface area contributed by atoms with Crippen LogP contribution in [-0.2, 0) is 10.3 Å². The standard InChI is InChI=1S/C19H24FNO4/c1-12-11-19(23,6-7-21(12)17(22)25-18(2,3)4)15-10-14(20)9-13-5-8-24-16(13)15/h5,8-10,12,23H,6-7,11H2,1-4H3. The number of rotatable bonds is 1. The predicted molar refractivity (Wildman–Crippen MR) is 91.7 cm³/mol. The highest BCUT2D eigenvalue weighted by Gasteiger charge is 2.42. The van der Waals surface area contributed by atoms with Crippen LogP contribution in [0.2, 0.25) is 0 Å². The molecule has 1 aromatic heterocycles. The minimum Gasteiger partial charge on any atom is -0.464 e. The lowest BCUT2D eigenvalue weighted by molar-refractivity contribution is -0.0543. The number of hydrogen-bond acceptors (Lipinski definition) is 4. The molecule has 1 N–H and O–H groups in total. The molecule has 136 valence electrons. The van der Waals surface area contributed by atoms with Gasteiger partial charge in [0.05, 0.1) is 11.9 Å². The summed E-state index contributed by atoms with van der Waals surface area (Å²) in [6.45, 7) is 7.63. The van der Waals surface area contributed by atoms with Crippen LogP contribution in [0.1, 0.15) is 46.1 Å². The Bertz CT molecular complexity index is 794. The largest absolute Gasteiger partial charge is 0.464 e. The van der Waals surface area contributed by atoms with Crippen molar-refractivity contribution in [3.05, 3.63) is 35.8 Å². The number of furan rings is 1. The first-order valence-electron chi connectivity index (χ1n) is 8.48. The summed E-state index contributed by atoms with van der Waals surface area (Å²) in [6, 6.07) is 4.12. The Kier molecular flexibility index (Phi) is 4.27. The molecule has 2 atom stereocenters. The molecule has 1 fully saturated rings. The van der Waals surface area contributed by atoms with Crippen LogP contribution in [0.4, 0.5) is 9.18 Å². The van der Waals surface area contributed by atoms with Crippen molar-refractivity contribution >= 4 is 17.1 Å². The number of amides is 1. The van der Waals surface area contributed by atoms with Gasteiger partial charge in [0.25, 0.3) is 0 Å². The van der Waals surface area contributed by atoms with Crippen LogP contribution in [0, 0.1) is 5.82 Å². The van der Waals surface area contributed by atoms with Gasteiger partial charge in [0.1, 0.15) is 17.0 Å². The van der Waals surface area contributed by atoms with Crippen LogP contribution < -0.4 is 0 Å². The number of hydrogen-bond donors (Lipinski definition) is 1. The monoisotopic (exact) mass is 349 g/mol. The van der Waals surface area contributed by atoms with Gasteiger partial charge in [-0.25, -0.2) is 9.18 Å². The van der Waals surface area contributed by atoms with E-state index in [1.54, 1.807) is 11.0 Å². The van der Waals surface area contributed by atoms with Crippen molar-refractivity contribution in [3.63, 3.8) is 0 Å². The highest BCUT2D eigenvalue weighted by Crippen LogP contribution is 2.40. The number of carbonyl (C=O) groups is 1. The molecule has 2 unspecified atom stereocenters. The van der Waals surface area contributed by atoms with Crippen molar-refractivity contribution in [2.24, 2.45) is 0 Å². The summed E-state index contributed by atoms with van der Waals surface area (Å²) in [6.07, 6.45) is 1.65. The SMILES string of the molecule is CC1CC(O)(c2cc(F)cc3ccoc23)CCN1C(=O)OC(C)(C)C. The van der Waals surface area contributed by atoms with E-state index in [1.165, 1.54) is 18.4 Å². The Morgan fingerprint density at radius 3 is 2.80 bits per heavy atom. The second-order valence-corrected chi connectivity index (χ2v) is 7.80. The van der Waals surface area contributed by atoms with Crippen LogP contribution in [0.3, 0.4) is 0 Å². The van der Waals surface area contributed by atoms with E-state index in [0.29, 0.717) is 23.1 Å². The molecule has 3 rings (SSSR count). The number of benzene rings is 1. The molecule has 0 saturated carbocycles. The fraction of sp³-hybridized carbons (Fsp3) is 0.526. The molecule has 6 heteroatoms. The van der Waals surface area contributed by atoms with Crippen LogP contribution in [-0.4, -0.2) is 34.3 Å². The van der Waals surface area contributed by atoms with Gasteiger partial charge in [0, 0.05) is 30.0 Å². The van der Waals surface area contributed by atoms with Crippen LogP contribution in [0.25, 0.3) is 11.0 Å². The Morgan fingerprint density at radius 1 is 1.44 bits per heavy atom. The van der Waals surface area contributed by atoms with Gasteiger partial charge in [-0.3, -0.25) is 0 Å². The summed E-state index contributed by atoms with van der Waals surface area (Å²) in [7, 11) is 0. The molecular weight excluding hydrogens is 325 g/mol. The average molecular weight is 349 g/mol. The van der Waals surface area contributed by atoms with E-state index >= 15 is 0 Å². The van der Waals surface area contributed by atoms with Gasteiger partial charge in [0.15, 0.2) is 0 Å². The molecule has 1 aromatic carbocycles. The third-order valence-electron chi connectivity index (χ3n) is 4.58. The summed E-state index contributed by atoms with van der Waals surface area (Å²) in [4.78, 5) is 13.9. The molecule has 1 aliphatic heterocycles. The smallest absolute Gasteiger partial charge is 0.410 e. The quantitative estimate of drug-likeness (QED) is 0.839. The molecular formula is C19H24FNO4. The van der Waals surface area contributed by atoms with E-state index < -0.39 is 23.1 Å². The van der Waals surface area contributed by atoms with Crippen molar-refractivity contribution < 1.29 is 23.4 Å². The summed E-state index contributed by atoms with van der Waals surface area (Å²) >= 11 is 0. The zero-order valence-corrected chi connectivity index (χ0v) is 15.0. The van der Waals surface area contributed by atoms with E-state index in [4.69, 9.17) is 9.15 Å². The molecule has 5 nitrogen and oxygen atoms in total. The number of ether oxygens (including phenoxy) is 1.